The first-order valence-electron chi connectivity index (χ1n) is 11.5. The van der Waals surface area contributed by atoms with E-state index >= 15 is 0 Å². The molecule has 3 aromatic carbocycles. The van der Waals surface area contributed by atoms with Crippen LogP contribution >= 0.6 is 0 Å². The maximum absolute atomic E-state index is 13.2. The van der Waals surface area contributed by atoms with Gasteiger partial charge in [0.1, 0.15) is 29.1 Å². The van der Waals surface area contributed by atoms with Crippen LogP contribution in [0.4, 0.5) is 0 Å². The molecule has 0 spiro atoms. The number of aliphatic hydroxyl groups is 2. The summed E-state index contributed by atoms with van der Waals surface area (Å²) in [6.45, 7) is 0. The van der Waals surface area contributed by atoms with Crippen molar-refractivity contribution in [2.75, 3.05) is 28.4 Å². The van der Waals surface area contributed by atoms with Gasteiger partial charge in [-0.3, -0.25) is 4.79 Å². The molecule has 0 radical (unpaired) electrons. The molecule has 0 amide bonds. The van der Waals surface area contributed by atoms with E-state index in [0.717, 1.165) is 0 Å². The first-order valence-corrected chi connectivity index (χ1v) is 11.5. The largest absolute Gasteiger partial charge is 0.497 e. The molecule has 1 aliphatic heterocycles. The Hall–Kier alpha value is -3.75. The standard InChI is InChI=1S/C28H28O8/c1-32-18-12-10-17(11-13-18)28-23(16-8-6-5-7-9-16)22(26(30)35-4)25(29)27(28,31)24-20(34-3)14-19(33-2)15-21(24)36-28/h5-15,22-23,25,29,31H,1-4H3/t22-,23+,25-,27-,28+/m0/s1. The second-order valence-corrected chi connectivity index (χ2v) is 8.92. The molecule has 8 nitrogen and oxygen atoms in total. The van der Waals surface area contributed by atoms with Crippen LogP contribution in [-0.4, -0.2) is 50.7 Å². The third-order valence-electron chi connectivity index (χ3n) is 7.43. The van der Waals surface area contributed by atoms with Crippen LogP contribution in [0.3, 0.4) is 0 Å². The molecule has 36 heavy (non-hydrogen) atoms. The van der Waals surface area contributed by atoms with Crippen LogP contribution in [0.2, 0.25) is 0 Å². The number of methoxy groups -OCH3 is 4. The smallest absolute Gasteiger partial charge is 0.312 e. The van der Waals surface area contributed by atoms with Crippen molar-refractivity contribution < 1.29 is 38.7 Å². The third-order valence-corrected chi connectivity index (χ3v) is 7.43. The zero-order valence-corrected chi connectivity index (χ0v) is 20.4. The van der Waals surface area contributed by atoms with Crippen LogP contribution in [-0.2, 0) is 20.7 Å². The summed E-state index contributed by atoms with van der Waals surface area (Å²) in [4.78, 5) is 13.2. The fraction of sp³-hybridized carbons (Fsp3) is 0.321. The molecule has 1 aliphatic carbocycles. The lowest BCUT2D eigenvalue weighted by Crippen LogP contribution is -2.52. The van der Waals surface area contributed by atoms with E-state index < -0.39 is 35.1 Å². The molecule has 0 saturated heterocycles. The van der Waals surface area contributed by atoms with Gasteiger partial charge in [-0.15, -0.1) is 0 Å². The molecule has 2 N–H and O–H groups in total. The van der Waals surface area contributed by atoms with Gasteiger partial charge in [-0.25, -0.2) is 0 Å². The van der Waals surface area contributed by atoms with Crippen LogP contribution in [0.25, 0.3) is 0 Å². The summed E-state index contributed by atoms with van der Waals surface area (Å²) < 4.78 is 28.2. The van der Waals surface area contributed by atoms with Gasteiger partial charge in [0, 0.05) is 18.1 Å². The van der Waals surface area contributed by atoms with Crippen molar-refractivity contribution in [1.29, 1.82) is 0 Å². The summed E-state index contributed by atoms with van der Waals surface area (Å²) in [6, 6.07) is 19.5. The van der Waals surface area contributed by atoms with Crippen molar-refractivity contribution >= 4 is 5.97 Å². The highest BCUT2D eigenvalue weighted by Crippen LogP contribution is 2.70. The summed E-state index contributed by atoms with van der Waals surface area (Å²) in [5, 5.41) is 24.5. The second-order valence-electron chi connectivity index (χ2n) is 8.92. The SMILES string of the molecule is COC(=O)[C@H]1[C@@H](c2ccccc2)[C@@]2(c3ccc(OC)cc3)Oc3cc(OC)cc(OC)c3[C@]2(O)[C@H]1O. The van der Waals surface area contributed by atoms with Crippen LogP contribution in [0, 0.1) is 5.92 Å². The summed E-state index contributed by atoms with van der Waals surface area (Å²) >= 11 is 0. The van der Waals surface area contributed by atoms with E-state index in [4.69, 9.17) is 23.7 Å². The van der Waals surface area contributed by atoms with Gasteiger partial charge in [0.25, 0.3) is 0 Å². The topological polar surface area (TPSA) is 104 Å². The molecule has 8 heteroatoms. The predicted octanol–water partition coefficient (Wildman–Crippen LogP) is 3.14. The Morgan fingerprint density at radius 2 is 1.56 bits per heavy atom. The number of carbonyl (C=O) groups excluding carboxylic acids is 1. The number of hydrogen-bond donors (Lipinski definition) is 2. The molecule has 0 unspecified atom stereocenters. The second kappa shape index (κ2) is 8.72. The highest BCUT2D eigenvalue weighted by Gasteiger charge is 2.78. The third kappa shape index (κ3) is 3.04. The summed E-state index contributed by atoms with van der Waals surface area (Å²) in [5.41, 5.74) is -2.24. The Morgan fingerprint density at radius 1 is 0.889 bits per heavy atom. The van der Waals surface area contributed by atoms with E-state index in [1.807, 2.05) is 30.3 Å². The lowest BCUT2D eigenvalue weighted by molar-refractivity contribution is -0.161. The lowest BCUT2D eigenvalue weighted by atomic mass is 9.70. The van der Waals surface area contributed by atoms with Crippen LogP contribution in [0.15, 0.2) is 66.7 Å². The summed E-state index contributed by atoms with van der Waals surface area (Å²) in [7, 11) is 5.79. The van der Waals surface area contributed by atoms with Crippen molar-refractivity contribution in [2.24, 2.45) is 5.92 Å². The maximum atomic E-state index is 13.2. The molecule has 0 bridgehead atoms. The minimum Gasteiger partial charge on any atom is -0.497 e. The number of benzene rings is 3. The fourth-order valence-corrected chi connectivity index (χ4v) is 5.90. The monoisotopic (exact) mass is 492 g/mol. The van der Waals surface area contributed by atoms with Gasteiger partial charge in [-0.05, 0) is 23.3 Å². The molecule has 1 heterocycles. The Labute approximate surface area is 209 Å². The molecule has 3 aromatic rings. The molecular formula is C28H28O8. The van der Waals surface area contributed by atoms with E-state index in [1.54, 1.807) is 43.5 Å². The number of ether oxygens (including phenoxy) is 5. The molecule has 1 saturated carbocycles. The number of hydrogen-bond acceptors (Lipinski definition) is 8. The van der Waals surface area contributed by atoms with Gasteiger partial charge in [0.2, 0.25) is 0 Å². The first kappa shape index (κ1) is 24.0. The summed E-state index contributed by atoms with van der Waals surface area (Å²) in [6.07, 6.45) is -1.60. The van der Waals surface area contributed by atoms with E-state index in [-0.39, 0.29) is 17.1 Å². The average molecular weight is 493 g/mol. The first-order chi connectivity index (χ1) is 17.4. The Kier molecular flexibility index (Phi) is 5.81. The lowest BCUT2D eigenvalue weighted by Gasteiger charge is -2.40. The molecule has 1 fully saturated rings. The molecule has 188 valence electrons. The summed E-state index contributed by atoms with van der Waals surface area (Å²) in [5.74, 6) is -1.04. The van der Waals surface area contributed by atoms with Crippen molar-refractivity contribution in [2.45, 2.75) is 23.2 Å². The van der Waals surface area contributed by atoms with Gasteiger partial charge in [-0.2, -0.15) is 0 Å². The van der Waals surface area contributed by atoms with Gasteiger partial charge >= 0.3 is 5.97 Å². The van der Waals surface area contributed by atoms with Crippen LogP contribution in [0.1, 0.15) is 22.6 Å². The molecule has 2 aliphatic rings. The molecule has 5 atom stereocenters. The number of aliphatic hydroxyl groups excluding tert-OH is 1. The highest BCUT2D eigenvalue weighted by molar-refractivity contribution is 5.78. The van der Waals surface area contributed by atoms with E-state index in [9.17, 15) is 15.0 Å². The average Bonchev–Trinajstić information content (AvgIpc) is 3.30. The number of fused-ring (bicyclic) bond motifs is 3. The van der Waals surface area contributed by atoms with Crippen molar-refractivity contribution in [1.82, 2.24) is 0 Å². The molecular weight excluding hydrogens is 464 g/mol. The van der Waals surface area contributed by atoms with E-state index in [0.29, 0.717) is 22.6 Å². The Balaban J connectivity index is 1.88. The van der Waals surface area contributed by atoms with Gasteiger partial charge in [0.05, 0.1) is 39.9 Å². The van der Waals surface area contributed by atoms with Crippen molar-refractivity contribution in [3.8, 4) is 23.0 Å². The predicted molar refractivity (Wildman–Crippen MR) is 129 cm³/mol. The molecule has 5 rings (SSSR count). The number of carbonyl (C=O) groups is 1. The van der Waals surface area contributed by atoms with Gasteiger partial charge < -0.3 is 33.9 Å². The number of esters is 1. The molecule has 0 aromatic heterocycles. The fourth-order valence-electron chi connectivity index (χ4n) is 5.90. The maximum Gasteiger partial charge on any atom is 0.312 e. The van der Waals surface area contributed by atoms with E-state index in [1.165, 1.54) is 21.3 Å². The van der Waals surface area contributed by atoms with E-state index in [2.05, 4.69) is 0 Å². The van der Waals surface area contributed by atoms with Crippen molar-refractivity contribution in [3.05, 3.63) is 83.4 Å². The van der Waals surface area contributed by atoms with Crippen LogP contribution < -0.4 is 18.9 Å². The zero-order valence-electron chi connectivity index (χ0n) is 20.4. The highest BCUT2D eigenvalue weighted by atomic mass is 16.6. The Morgan fingerprint density at radius 3 is 2.14 bits per heavy atom. The van der Waals surface area contributed by atoms with Crippen LogP contribution in [0.5, 0.6) is 23.0 Å². The Bertz CT molecular complexity index is 1270. The number of rotatable bonds is 6. The minimum atomic E-state index is -2.09. The quantitative estimate of drug-likeness (QED) is 0.506. The van der Waals surface area contributed by atoms with Crippen molar-refractivity contribution in [3.63, 3.8) is 0 Å². The van der Waals surface area contributed by atoms with Gasteiger partial charge in [-0.1, -0.05) is 42.5 Å². The zero-order chi connectivity index (χ0) is 25.7. The van der Waals surface area contributed by atoms with Gasteiger partial charge in [0.15, 0.2) is 11.2 Å². The minimum absolute atomic E-state index is 0.237. The normalized spacial score (nSPS) is 28.0.